The van der Waals surface area contributed by atoms with Gasteiger partial charge < -0.3 is 14.6 Å². The second-order valence-electron chi connectivity index (χ2n) is 2.41. The molecule has 0 atom stereocenters. The van der Waals surface area contributed by atoms with Crippen LogP contribution < -0.4 is 9.47 Å². The van der Waals surface area contributed by atoms with Gasteiger partial charge in [-0.25, -0.2) is 0 Å². The molecule has 3 nitrogen and oxygen atoms in total. The maximum absolute atomic E-state index is 8.93. The fraction of sp³-hybridized carbons (Fsp3) is 0.111. The highest BCUT2D eigenvalue weighted by Crippen LogP contribution is 2.33. The maximum Gasteiger partial charge on any atom is 0.174 e. The van der Waals surface area contributed by atoms with Crippen LogP contribution in [0.2, 0.25) is 0 Å². The Bertz CT molecular complexity index is 318. The summed E-state index contributed by atoms with van der Waals surface area (Å²) in [5, 5.41) is 8.93. The molecule has 0 unspecified atom stereocenters. The number of ether oxygens (including phenoxy) is 2. The number of aliphatic hydroxyl groups excluding tert-OH is 1. The Morgan fingerprint density at radius 1 is 1.17 bits per heavy atom. The van der Waals surface area contributed by atoms with Gasteiger partial charge in [-0.2, -0.15) is 0 Å². The lowest BCUT2D eigenvalue weighted by Crippen LogP contribution is -1.99. The third-order valence-electron chi connectivity index (χ3n) is 1.67. The summed E-state index contributed by atoms with van der Waals surface area (Å²) in [7, 11) is 0. The minimum atomic E-state index is -0.0413. The molecule has 2 rings (SSSR count). The van der Waals surface area contributed by atoms with E-state index in [1.165, 1.54) is 12.5 Å². The lowest BCUT2D eigenvalue weighted by molar-refractivity contribution is 0.271. The lowest BCUT2D eigenvalue weighted by atomic mass is 10.2. The highest BCUT2D eigenvalue weighted by atomic mass is 16.5. The van der Waals surface area contributed by atoms with Crippen LogP contribution in [-0.4, -0.2) is 5.11 Å². The smallest absolute Gasteiger partial charge is 0.174 e. The number of para-hydroxylation sites is 1. The molecule has 1 aromatic rings. The predicted molar refractivity (Wildman–Crippen MR) is 42.8 cm³/mol. The summed E-state index contributed by atoms with van der Waals surface area (Å²) in [5.74, 6) is 1.24. The van der Waals surface area contributed by atoms with E-state index >= 15 is 0 Å². The topological polar surface area (TPSA) is 38.7 Å². The van der Waals surface area contributed by atoms with Crippen molar-refractivity contribution in [2.45, 2.75) is 6.61 Å². The summed E-state index contributed by atoms with van der Waals surface area (Å²) in [5.41, 5.74) is 0.733. The van der Waals surface area contributed by atoms with Crippen molar-refractivity contribution in [1.82, 2.24) is 0 Å². The van der Waals surface area contributed by atoms with Gasteiger partial charge in [0, 0.05) is 5.56 Å². The molecule has 62 valence electrons. The molecular formula is C9H8O3. The first kappa shape index (κ1) is 7.18. The molecule has 12 heavy (non-hydrogen) atoms. The molecule has 0 saturated carbocycles. The Labute approximate surface area is 69.9 Å². The standard InChI is InChI=1S/C9H8O3/c10-6-7-2-1-3-8-9(7)12-5-4-11-8/h1-5,10H,6H2. The van der Waals surface area contributed by atoms with E-state index in [0.29, 0.717) is 11.5 Å². The Morgan fingerprint density at radius 2 is 2.00 bits per heavy atom. The van der Waals surface area contributed by atoms with Crippen LogP contribution in [0.5, 0.6) is 11.5 Å². The molecule has 1 aliphatic rings. The van der Waals surface area contributed by atoms with Crippen LogP contribution >= 0.6 is 0 Å². The summed E-state index contributed by atoms with van der Waals surface area (Å²) in [6.07, 6.45) is 2.91. The lowest BCUT2D eigenvalue weighted by Gasteiger charge is -2.14. The Morgan fingerprint density at radius 3 is 2.83 bits per heavy atom. The zero-order chi connectivity index (χ0) is 8.39. The number of rotatable bonds is 1. The van der Waals surface area contributed by atoms with Crippen LogP contribution in [0.4, 0.5) is 0 Å². The normalized spacial score (nSPS) is 13.1. The summed E-state index contributed by atoms with van der Waals surface area (Å²) < 4.78 is 10.3. The fourth-order valence-electron chi connectivity index (χ4n) is 1.11. The summed E-state index contributed by atoms with van der Waals surface area (Å²) >= 11 is 0. The predicted octanol–water partition coefficient (Wildman–Crippen LogP) is 1.42. The van der Waals surface area contributed by atoms with Crippen molar-refractivity contribution in [3.63, 3.8) is 0 Å². The quantitative estimate of drug-likeness (QED) is 0.682. The van der Waals surface area contributed by atoms with Crippen molar-refractivity contribution >= 4 is 0 Å². The van der Waals surface area contributed by atoms with Gasteiger partial charge in [0.1, 0.15) is 12.5 Å². The number of hydrogen-bond donors (Lipinski definition) is 1. The average molecular weight is 164 g/mol. The fourth-order valence-corrected chi connectivity index (χ4v) is 1.11. The third kappa shape index (κ3) is 1.04. The molecule has 0 aromatic heterocycles. The van der Waals surface area contributed by atoms with Crippen LogP contribution in [0.25, 0.3) is 0 Å². The van der Waals surface area contributed by atoms with Gasteiger partial charge in [0.2, 0.25) is 0 Å². The zero-order valence-electron chi connectivity index (χ0n) is 6.36. The van der Waals surface area contributed by atoms with Gasteiger partial charge in [0.25, 0.3) is 0 Å². The van der Waals surface area contributed by atoms with E-state index in [4.69, 9.17) is 14.6 Å². The van der Waals surface area contributed by atoms with Crippen LogP contribution in [0, 0.1) is 0 Å². The Balaban J connectivity index is 2.48. The Kier molecular flexibility index (Phi) is 1.72. The summed E-state index contributed by atoms with van der Waals surface area (Å²) in [4.78, 5) is 0. The SMILES string of the molecule is OCc1cccc2c1OC=CO2. The monoisotopic (exact) mass is 164 g/mol. The molecule has 0 radical (unpaired) electrons. The van der Waals surface area contributed by atoms with Gasteiger partial charge in [-0.05, 0) is 6.07 Å². The van der Waals surface area contributed by atoms with Crippen molar-refractivity contribution in [3.05, 3.63) is 36.3 Å². The van der Waals surface area contributed by atoms with Crippen LogP contribution in [0.15, 0.2) is 30.7 Å². The minimum absolute atomic E-state index is 0.0413. The molecule has 1 aliphatic heterocycles. The summed E-state index contributed by atoms with van der Waals surface area (Å²) in [6.45, 7) is -0.0413. The van der Waals surface area contributed by atoms with Crippen LogP contribution in [-0.2, 0) is 6.61 Å². The molecular weight excluding hydrogens is 156 g/mol. The molecule has 3 heteroatoms. The van der Waals surface area contributed by atoms with Crippen molar-refractivity contribution in [1.29, 1.82) is 0 Å². The zero-order valence-corrected chi connectivity index (χ0v) is 6.36. The molecule has 0 saturated heterocycles. The highest BCUT2D eigenvalue weighted by Gasteiger charge is 2.11. The molecule has 0 spiro atoms. The first-order chi connectivity index (χ1) is 5.92. The van der Waals surface area contributed by atoms with Crippen molar-refractivity contribution in [2.75, 3.05) is 0 Å². The van der Waals surface area contributed by atoms with Gasteiger partial charge in [0.15, 0.2) is 11.5 Å². The molecule has 0 aliphatic carbocycles. The van der Waals surface area contributed by atoms with E-state index in [1.54, 1.807) is 12.1 Å². The van der Waals surface area contributed by atoms with E-state index < -0.39 is 0 Å². The van der Waals surface area contributed by atoms with E-state index in [9.17, 15) is 0 Å². The van der Waals surface area contributed by atoms with Crippen molar-refractivity contribution < 1.29 is 14.6 Å². The molecule has 0 amide bonds. The Hall–Kier alpha value is -1.48. The number of fused-ring (bicyclic) bond motifs is 1. The summed E-state index contributed by atoms with van der Waals surface area (Å²) in [6, 6.07) is 5.40. The van der Waals surface area contributed by atoms with E-state index in [1.807, 2.05) is 6.07 Å². The average Bonchev–Trinajstić information content (AvgIpc) is 2.17. The highest BCUT2D eigenvalue weighted by molar-refractivity contribution is 5.48. The van der Waals surface area contributed by atoms with Gasteiger partial charge in [-0.1, -0.05) is 12.1 Å². The number of benzene rings is 1. The first-order valence-electron chi connectivity index (χ1n) is 3.63. The molecule has 1 heterocycles. The first-order valence-corrected chi connectivity index (χ1v) is 3.63. The third-order valence-corrected chi connectivity index (χ3v) is 1.67. The van der Waals surface area contributed by atoms with Crippen LogP contribution in [0.3, 0.4) is 0 Å². The van der Waals surface area contributed by atoms with Crippen LogP contribution in [0.1, 0.15) is 5.56 Å². The van der Waals surface area contributed by atoms with E-state index in [0.717, 1.165) is 5.56 Å². The van der Waals surface area contributed by atoms with E-state index in [-0.39, 0.29) is 6.61 Å². The second kappa shape index (κ2) is 2.87. The maximum atomic E-state index is 8.93. The number of aliphatic hydroxyl groups is 1. The molecule has 1 aromatic carbocycles. The van der Waals surface area contributed by atoms with E-state index in [2.05, 4.69) is 0 Å². The molecule has 0 bridgehead atoms. The second-order valence-corrected chi connectivity index (χ2v) is 2.41. The van der Waals surface area contributed by atoms with Gasteiger partial charge >= 0.3 is 0 Å². The van der Waals surface area contributed by atoms with Gasteiger partial charge in [-0.15, -0.1) is 0 Å². The molecule has 0 fully saturated rings. The van der Waals surface area contributed by atoms with Crippen molar-refractivity contribution in [2.24, 2.45) is 0 Å². The van der Waals surface area contributed by atoms with Crippen molar-refractivity contribution in [3.8, 4) is 11.5 Å². The minimum Gasteiger partial charge on any atom is -0.458 e. The largest absolute Gasteiger partial charge is 0.458 e. The van der Waals surface area contributed by atoms with Gasteiger partial charge in [-0.3, -0.25) is 0 Å². The molecule has 1 N–H and O–H groups in total. The van der Waals surface area contributed by atoms with Gasteiger partial charge in [0.05, 0.1) is 6.61 Å². The number of hydrogen-bond acceptors (Lipinski definition) is 3.